The molecule has 0 amide bonds. The van der Waals surface area contributed by atoms with E-state index in [0.717, 1.165) is 41.2 Å². The average Bonchev–Trinajstić information content (AvgIpc) is 2.89. The van der Waals surface area contributed by atoms with E-state index in [4.69, 9.17) is 15.6 Å². The molecule has 0 saturated heterocycles. The van der Waals surface area contributed by atoms with E-state index in [-0.39, 0.29) is 6.10 Å². The molecule has 2 aromatic carbocycles. The number of amidine groups is 2. The first-order chi connectivity index (χ1) is 12.2. The van der Waals surface area contributed by atoms with Crippen LogP contribution in [0.5, 0.6) is 0 Å². The van der Waals surface area contributed by atoms with E-state index in [2.05, 4.69) is 13.0 Å². The third-order valence-electron chi connectivity index (χ3n) is 5.08. The molecule has 25 heavy (non-hydrogen) atoms. The summed E-state index contributed by atoms with van der Waals surface area (Å²) in [4.78, 5) is 1.84. The predicted octanol–water partition coefficient (Wildman–Crippen LogP) is 4.79. The third kappa shape index (κ3) is 3.45. The summed E-state index contributed by atoms with van der Waals surface area (Å²) in [5.74, 6) is 0.910. The largest absolute Gasteiger partial charge is 0.381 e. The lowest BCUT2D eigenvalue weighted by Gasteiger charge is -2.20. The lowest BCUT2D eigenvalue weighted by Crippen LogP contribution is -2.31. The molecule has 0 spiro atoms. The average molecular weight is 337 g/mol. The number of hydrogen-bond donors (Lipinski definition) is 2. The van der Waals surface area contributed by atoms with Crippen molar-refractivity contribution in [1.29, 1.82) is 10.8 Å². The Bertz CT molecular complexity index is 784. The molecule has 132 valence electrons. The molecule has 1 atom stereocenters. The molecule has 2 N–H and O–H groups in total. The van der Waals surface area contributed by atoms with Crippen molar-refractivity contribution in [2.45, 2.75) is 45.1 Å². The van der Waals surface area contributed by atoms with Crippen LogP contribution in [0.3, 0.4) is 0 Å². The van der Waals surface area contributed by atoms with Crippen LogP contribution in [0.2, 0.25) is 0 Å². The minimum Gasteiger partial charge on any atom is -0.381 e. The summed E-state index contributed by atoms with van der Waals surface area (Å²) in [5.41, 5.74) is 1.77. The Morgan fingerprint density at radius 1 is 1.00 bits per heavy atom. The molecular weight excluding hydrogens is 310 g/mol. The zero-order chi connectivity index (χ0) is 17.8. The van der Waals surface area contributed by atoms with Crippen molar-refractivity contribution in [3.05, 3.63) is 47.5 Å². The number of rotatable bonds is 8. The van der Waals surface area contributed by atoms with Crippen molar-refractivity contribution in [2.24, 2.45) is 0 Å². The zero-order valence-electron chi connectivity index (χ0n) is 15.1. The molecule has 0 aliphatic carbocycles. The van der Waals surface area contributed by atoms with Crippen LogP contribution in [0.25, 0.3) is 10.8 Å². The number of hydrogen-bond acceptors (Lipinski definition) is 3. The highest BCUT2D eigenvalue weighted by molar-refractivity contribution is 6.28. The first kappa shape index (κ1) is 17.6. The van der Waals surface area contributed by atoms with E-state index in [1.54, 1.807) is 7.11 Å². The lowest BCUT2D eigenvalue weighted by molar-refractivity contribution is 0.0837. The fourth-order valence-corrected chi connectivity index (χ4v) is 3.63. The van der Waals surface area contributed by atoms with Gasteiger partial charge < -0.3 is 9.64 Å². The van der Waals surface area contributed by atoms with Gasteiger partial charge in [-0.05, 0) is 36.1 Å². The number of methoxy groups -OCH3 is 1. The molecule has 1 aliphatic rings. The van der Waals surface area contributed by atoms with E-state index in [9.17, 15) is 0 Å². The molecule has 0 aromatic heterocycles. The first-order valence-corrected chi connectivity index (χ1v) is 9.17. The van der Waals surface area contributed by atoms with Crippen LogP contribution in [-0.2, 0) is 4.74 Å². The third-order valence-corrected chi connectivity index (χ3v) is 5.08. The highest BCUT2D eigenvalue weighted by Gasteiger charge is 2.30. The predicted molar refractivity (Wildman–Crippen MR) is 104 cm³/mol. The van der Waals surface area contributed by atoms with Gasteiger partial charge in [-0.15, -0.1) is 0 Å². The van der Waals surface area contributed by atoms with Gasteiger partial charge in [0, 0.05) is 24.8 Å². The molecule has 0 fully saturated rings. The van der Waals surface area contributed by atoms with E-state index >= 15 is 0 Å². The maximum absolute atomic E-state index is 8.60. The maximum Gasteiger partial charge on any atom is 0.135 e. The maximum atomic E-state index is 8.60. The van der Waals surface area contributed by atoms with Gasteiger partial charge in [-0.25, -0.2) is 0 Å². The number of fused-ring (bicyclic) bond motifs is 3. The van der Waals surface area contributed by atoms with Crippen LogP contribution in [0.4, 0.5) is 0 Å². The van der Waals surface area contributed by atoms with Crippen molar-refractivity contribution < 1.29 is 4.74 Å². The summed E-state index contributed by atoms with van der Waals surface area (Å²) in [6, 6.07) is 12.1. The van der Waals surface area contributed by atoms with Crippen LogP contribution < -0.4 is 0 Å². The van der Waals surface area contributed by atoms with E-state index in [1.165, 1.54) is 12.8 Å². The molecule has 0 bridgehead atoms. The summed E-state index contributed by atoms with van der Waals surface area (Å²) in [6.07, 6.45) is 5.65. The summed E-state index contributed by atoms with van der Waals surface area (Å²) in [5, 5.41) is 19.3. The van der Waals surface area contributed by atoms with E-state index in [1.807, 2.05) is 35.2 Å². The van der Waals surface area contributed by atoms with Crippen molar-refractivity contribution in [3.8, 4) is 0 Å². The first-order valence-electron chi connectivity index (χ1n) is 9.17. The smallest absolute Gasteiger partial charge is 0.135 e. The van der Waals surface area contributed by atoms with Gasteiger partial charge in [0.1, 0.15) is 11.7 Å². The Morgan fingerprint density at radius 3 is 2.52 bits per heavy atom. The molecule has 0 radical (unpaired) electrons. The molecule has 3 rings (SSSR count). The zero-order valence-corrected chi connectivity index (χ0v) is 15.1. The minimum atomic E-state index is 0.286. The van der Waals surface area contributed by atoms with Gasteiger partial charge >= 0.3 is 0 Å². The number of unbranched alkanes of at least 4 members (excludes halogenated alkanes) is 1. The molecule has 1 heterocycles. The SMILES string of the molecule is CCCCC(CCCN1C(=N)c2ccc3ccccc3c2C1=N)OC. The summed E-state index contributed by atoms with van der Waals surface area (Å²) >= 11 is 0. The normalized spacial score (nSPS) is 15.0. The highest BCUT2D eigenvalue weighted by Crippen LogP contribution is 2.30. The Labute approximate surface area is 149 Å². The summed E-state index contributed by atoms with van der Waals surface area (Å²) < 4.78 is 5.56. The second kappa shape index (κ2) is 7.79. The molecule has 4 nitrogen and oxygen atoms in total. The van der Waals surface area contributed by atoms with E-state index in [0.29, 0.717) is 18.2 Å². The second-order valence-electron chi connectivity index (χ2n) is 6.70. The Hall–Kier alpha value is -2.20. The number of nitrogens with one attached hydrogen (secondary N) is 2. The van der Waals surface area contributed by atoms with Crippen molar-refractivity contribution in [2.75, 3.05) is 13.7 Å². The van der Waals surface area contributed by atoms with Crippen LogP contribution in [-0.4, -0.2) is 36.3 Å². The summed E-state index contributed by atoms with van der Waals surface area (Å²) in [7, 11) is 1.78. The van der Waals surface area contributed by atoms with Gasteiger partial charge in [0.05, 0.1) is 6.10 Å². The van der Waals surface area contributed by atoms with Gasteiger partial charge in [-0.1, -0.05) is 50.1 Å². The minimum absolute atomic E-state index is 0.286. The fourth-order valence-electron chi connectivity index (χ4n) is 3.63. The number of ether oxygens (including phenoxy) is 1. The lowest BCUT2D eigenvalue weighted by atomic mass is 10.0. The quantitative estimate of drug-likeness (QED) is 0.727. The molecule has 1 aliphatic heterocycles. The van der Waals surface area contributed by atoms with Gasteiger partial charge in [-0.2, -0.15) is 0 Å². The van der Waals surface area contributed by atoms with Crippen LogP contribution >= 0.6 is 0 Å². The molecule has 0 saturated carbocycles. The van der Waals surface area contributed by atoms with Crippen molar-refractivity contribution in [3.63, 3.8) is 0 Å². The standard InChI is InChI=1S/C21H27N3O/c1-3-4-9-16(25-2)10-7-14-24-20(22)18-13-12-15-8-5-6-11-17(15)19(18)21(24)23/h5-6,8,11-13,16,22-23H,3-4,7,9-10,14H2,1-2H3. The second-order valence-corrected chi connectivity index (χ2v) is 6.70. The van der Waals surface area contributed by atoms with E-state index < -0.39 is 0 Å². The van der Waals surface area contributed by atoms with Crippen LogP contribution in [0, 0.1) is 10.8 Å². The van der Waals surface area contributed by atoms with Gasteiger partial charge in [0.15, 0.2) is 0 Å². The Morgan fingerprint density at radius 2 is 1.76 bits per heavy atom. The van der Waals surface area contributed by atoms with Crippen LogP contribution in [0.1, 0.15) is 50.2 Å². The number of benzene rings is 2. The van der Waals surface area contributed by atoms with Gasteiger partial charge in [0.25, 0.3) is 0 Å². The number of nitrogens with zero attached hydrogens (tertiary/aromatic N) is 1. The Balaban J connectivity index is 1.71. The molecule has 2 aromatic rings. The monoisotopic (exact) mass is 337 g/mol. The fraction of sp³-hybridized carbons (Fsp3) is 0.429. The molecular formula is C21H27N3O. The molecule has 4 heteroatoms. The van der Waals surface area contributed by atoms with Crippen molar-refractivity contribution in [1.82, 2.24) is 4.90 Å². The van der Waals surface area contributed by atoms with Crippen molar-refractivity contribution >= 4 is 22.4 Å². The van der Waals surface area contributed by atoms with Gasteiger partial charge in [-0.3, -0.25) is 10.8 Å². The Kier molecular flexibility index (Phi) is 5.49. The van der Waals surface area contributed by atoms with Gasteiger partial charge in [0.2, 0.25) is 0 Å². The van der Waals surface area contributed by atoms with Crippen LogP contribution in [0.15, 0.2) is 36.4 Å². The highest BCUT2D eigenvalue weighted by atomic mass is 16.5. The molecule has 1 unspecified atom stereocenters. The topological polar surface area (TPSA) is 60.2 Å². The summed E-state index contributed by atoms with van der Waals surface area (Å²) in [6.45, 7) is 2.90.